The van der Waals surface area contributed by atoms with E-state index in [9.17, 15) is 4.79 Å². The minimum Gasteiger partial charge on any atom is -0.343 e. The van der Waals surface area contributed by atoms with Gasteiger partial charge in [-0.05, 0) is 13.3 Å². The van der Waals surface area contributed by atoms with Crippen LogP contribution in [0.2, 0.25) is 0 Å². The number of rotatable bonds is 0. The molecule has 0 N–H and O–H groups in total. The summed E-state index contributed by atoms with van der Waals surface area (Å²) in [7, 11) is 1.80. The molecule has 1 aliphatic heterocycles. The Balaban J connectivity index is 2.56. The number of likely N-dealkylation sites (tertiary alicyclic amines) is 1. The van der Waals surface area contributed by atoms with Crippen LogP contribution < -0.4 is 0 Å². The number of hydrogen-bond acceptors (Lipinski definition) is 1. The molecule has 0 bridgehead atoms. The molecule has 0 saturated carbocycles. The van der Waals surface area contributed by atoms with Crippen molar-refractivity contribution in [2.45, 2.75) is 18.9 Å². The highest BCUT2D eigenvalue weighted by atomic mass is 16.2. The van der Waals surface area contributed by atoms with Crippen LogP contribution >= 0.6 is 0 Å². The Morgan fingerprint density at radius 1 is 1.88 bits per heavy atom. The fraction of sp³-hybridized carbons (Fsp3) is 0.667. The van der Waals surface area contributed by atoms with Crippen LogP contribution in [0.15, 0.2) is 0 Å². The molecule has 0 spiro atoms. The van der Waals surface area contributed by atoms with E-state index in [0.29, 0.717) is 6.42 Å². The molecule has 0 aliphatic carbocycles. The molecular formula is C6H10NO. The van der Waals surface area contributed by atoms with Crippen LogP contribution in [0.5, 0.6) is 0 Å². The monoisotopic (exact) mass is 112 g/mol. The summed E-state index contributed by atoms with van der Waals surface area (Å²) in [6.07, 6.45) is 1.61. The molecule has 8 heavy (non-hydrogen) atoms. The molecule has 0 aromatic carbocycles. The van der Waals surface area contributed by atoms with Gasteiger partial charge in [-0.25, -0.2) is 0 Å². The van der Waals surface area contributed by atoms with Crippen molar-refractivity contribution in [3.05, 3.63) is 6.92 Å². The first kappa shape index (κ1) is 5.60. The van der Waals surface area contributed by atoms with E-state index in [4.69, 9.17) is 0 Å². The van der Waals surface area contributed by atoms with Crippen LogP contribution in [0.25, 0.3) is 0 Å². The van der Waals surface area contributed by atoms with Gasteiger partial charge in [-0.1, -0.05) is 0 Å². The van der Waals surface area contributed by atoms with Gasteiger partial charge in [0, 0.05) is 19.5 Å². The first-order valence-electron chi connectivity index (χ1n) is 2.80. The average molecular weight is 112 g/mol. The number of carbonyl (C=O) groups excluding carboxylic acids is 1. The third-order valence-electron chi connectivity index (χ3n) is 1.63. The summed E-state index contributed by atoms with van der Waals surface area (Å²) in [6, 6.07) is 0.225. The molecular weight excluding hydrogens is 102 g/mol. The minimum absolute atomic E-state index is 0.225. The van der Waals surface area contributed by atoms with Crippen LogP contribution in [0.1, 0.15) is 12.8 Å². The molecule has 45 valence electrons. The molecule has 1 fully saturated rings. The van der Waals surface area contributed by atoms with Crippen molar-refractivity contribution in [2.75, 3.05) is 7.05 Å². The zero-order valence-corrected chi connectivity index (χ0v) is 5.05. The minimum atomic E-state index is 0.225. The van der Waals surface area contributed by atoms with E-state index in [1.165, 1.54) is 0 Å². The Morgan fingerprint density at radius 3 is 2.62 bits per heavy atom. The summed E-state index contributed by atoms with van der Waals surface area (Å²) in [6.45, 7) is 3.77. The van der Waals surface area contributed by atoms with Crippen LogP contribution in [-0.4, -0.2) is 23.9 Å². The summed E-state index contributed by atoms with van der Waals surface area (Å²) >= 11 is 0. The van der Waals surface area contributed by atoms with E-state index in [-0.39, 0.29) is 11.9 Å². The van der Waals surface area contributed by atoms with Gasteiger partial charge in [0.15, 0.2) is 0 Å². The lowest BCUT2D eigenvalue weighted by atomic mass is 10.2. The lowest BCUT2D eigenvalue weighted by Crippen LogP contribution is -2.25. The molecule has 1 heterocycles. The Kier molecular flexibility index (Phi) is 1.24. The van der Waals surface area contributed by atoms with E-state index in [1.807, 2.05) is 0 Å². The number of hydrogen-bond donors (Lipinski definition) is 0. The SMILES string of the molecule is [CH2][C@H]1CCC(=O)N1C. The van der Waals surface area contributed by atoms with E-state index in [0.717, 1.165) is 6.42 Å². The van der Waals surface area contributed by atoms with Crippen LogP contribution in [-0.2, 0) is 4.79 Å². The third-order valence-corrected chi connectivity index (χ3v) is 1.63. The molecule has 0 aromatic heterocycles. The highest BCUT2D eigenvalue weighted by Crippen LogP contribution is 2.14. The first-order valence-corrected chi connectivity index (χ1v) is 2.80. The maximum absolute atomic E-state index is 10.7. The smallest absolute Gasteiger partial charge is 0.222 e. The van der Waals surface area contributed by atoms with Gasteiger partial charge in [0.1, 0.15) is 0 Å². The summed E-state index contributed by atoms with van der Waals surface area (Å²) in [5, 5.41) is 0. The highest BCUT2D eigenvalue weighted by Gasteiger charge is 2.22. The van der Waals surface area contributed by atoms with Gasteiger partial charge in [-0.3, -0.25) is 4.79 Å². The summed E-state index contributed by atoms with van der Waals surface area (Å²) in [5.41, 5.74) is 0. The molecule has 1 atom stereocenters. The van der Waals surface area contributed by atoms with Crippen LogP contribution in [0.4, 0.5) is 0 Å². The Morgan fingerprint density at radius 2 is 2.50 bits per heavy atom. The van der Waals surface area contributed by atoms with Gasteiger partial charge in [0.25, 0.3) is 0 Å². The molecule has 1 saturated heterocycles. The van der Waals surface area contributed by atoms with Crippen molar-refractivity contribution in [2.24, 2.45) is 0 Å². The predicted molar refractivity (Wildman–Crippen MR) is 31.1 cm³/mol. The quantitative estimate of drug-likeness (QED) is 0.445. The molecule has 1 radical (unpaired) electrons. The number of amides is 1. The van der Waals surface area contributed by atoms with Crippen molar-refractivity contribution in [3.8, 4) is 0 Å². The highest BCUT2D eigenvalue weighted by molar-refractivity contribution is 5.78. The van der Waals surface area contributed by atoms with Gasteiger partial charge >= 0.3 is 0 Å². The standard InChI is InChI=1S/C6H10NO/c1-5-3-4-6(8)7(5)2/h5H,1,3-4H2,2H3/t5-/m0/s1. The van der Waals surface area contributed by atoms with Crippen LogP contribution in [0.3, 0.4) is 0 Å². The molecule has 1 amide bonds. The normalized spacial score (nSPS) is 29.5. The van der Waals surface area contributed by atoms with Gasteiger partial charge in [0.2, 0.25) is 5.91 Å². The fourth-order valence-electron chi connectivity index (χ4n) is 0.864. The van der Waals surface area contributed by atoms with Crippen molar-refractivity contribution in [1.82, 2.24) is 4.90 Å². The molecule has 1 aliphatic rings. The zero-order valence-electron chi connectivity index (χ0n) is 5.05. The first-order chi connectivity index (χ1) is 3.72. The number of carbonyl (C=O) groups is 1. The lowest BCUT2D eigenvalue weighted by Gasteiger charge is -2.13. The van der Waals surface area contributed by atoms with Crippen molar-refractivity contribution in [1.29, 1.82) is 0 Å². The summed E-state index contributed by atoms with van der Waals surface area (Å²) in [4.78, 5) is 12.4. The van der Waals surface area contributed by atoms with E-state index < -0.39 is 0 Å². The Labute approximate surface area is 49.5 Å². The third kappa shape index (κ3) is 0.703. The van der Waals surface area contributed by atoms with Gasteiger partial charge in [-0.2, -0.15) is 0 Å². The molecule has 2 nitrogen and oxygen atoms in total. The predicted octanol–water partition coefficient (Wildman–Crippen LogP) is 0.441. The van der Waals surface area contributed by atoms with Gasteiger partial charge in [0.05, 0.1) is 0 Å². The molecule has 0 unspecified atom stereocenters. The second kappa shape index (κ2) is 1.77. The van der Waals surface area contributed by atoms with Gasteiger partial charge < -0.3 is 4.90 Å². The summed E-state index contributed by atoms with van der Waals surface area (Å²) < 4.78 is 0. The topological polar surface area (TPSA) is 20.3 Å². The van der Waals surface area contributed by atoms with Gasteiger partial charge in [-0.15, -0.1) is 0 Å². The molecule has 2 heteroatoms. The van der Waals surface area contributed by atoms with Crippen molar-refractivity contribution in [3.63, 3.8) is 0 Å². The maximum Gasteiger partial charge on any atom is 0.222 e. The maximum atomic E-state index is 10.7. The van der Waals surface area contributed by atoms with Crippen LogP contribution in [0, 0.1) is 6.92 Å². The Bertz CT molecular complexity index is 111. The van der Waals surface area contributed by atoms with E-state index in [1.54, 1.807) is 11.9 Å². The Hall–Kier alpha value is -0.530. The second-order valence-corrected chi connectivity index (χ2v) is 2.20. The fourth-order valence-corrected chi connectivity index (χ4v) is 0.864. The van der Waals surface area contributed by atoms with E-state index in [2.05, 4.69) is 6.92 Å². The van der Waals surface area contributed by atoms with Crippen molar-refractivity contribution >= 4 is 5.91 Å². The molecule has 1 rings (SSSR count). The molecule has 0 aromatic rings. The van der Waals surface area contributed by atoms with E-state index >= 15 is 0 Å². The number of nitrogens with zero attached hydrogens (tertiary/aromatic N) is 1. The zero-order chi connectivity index (χ0) is 6.15. The summed E-state index contributed by atoms with van der Waals surface area (Å²) in [5.74, 6) is 0.227. The largest absolute Gasteiger partial charge is 0.343 e. The lowest BCUT2D eigenvalue weighted by molar-refractivity contribution is -0.127. The van der Waals surface area contributed by atoms with Crippen molar-refractivity contribution < 1.29 is 4.79 Å². The average Bonchev–Trinajstić information content (AvgIpc) is 1.98. The second-order valence-electron chi connectivity index (χ2n) is 2.20.